The second-order valence-corrected chi connectivity index (χ2v) is 6.20. The minimum Gasteiger partial charge on any atom is -0.355 e. The topological polar surface area (TPSA) is 40.5 Å². The molecule has 0 atom stereocenters. The van der Waals surface area contributed by atoms with Crippen molar-refractivity contribution >= 4 is 23.6 Å². The van der Waals surface area contributed by atoms with Crippen LogP contribution in [-0.4, -0.2) is 16.4 Å². The Labute approximate surface area is 140 Å². The van der Waals surface area contributed by atoms with Gasteiger partial charge in [-0.25, -0.2) is 9.98 Å². The number of H-pyrrole nitrogens is 1. The number of aromatic nitrogens is 1. The molecule has 1 aromatic rings. The molecule has 0 amide bonds. The van der Waals surface area contributed by atoms with Gasteiger partial charge in [-0.05, 0) is 78.3 Å². The molecule has 114 valence electrons. The predicted molar refractivity (Wildman–Crippen MR) is 99.8 cm³/mol. The second kappa shape index (κ2) is 5.17. The fraction of sp³-hybridized carbons (Fsp3) is 0.0476. The zero-order valence-corrected chi connectivity index (χ0v) is 13.0. The average Bonchev–Trinajstić information content (AvgIpc) is 3.32. The minimum absolute atomic E-state index is 0.931. The summed E-state index contributed by atoms with van der Waals surface area (Å²) in [5, 5.41) is 0. The number of rotatable bonds is 0. The molecule has 0 saturated heterocycles. The van der Waals surface area contributed by atoms with Crippen molar-refractivity contribution in [2.45, 2.75) is 6.42 Å². The van der Waals surface area contributed by atoms with Crippen LogP contribution in [0.5, 0.6) is 0 Å². The molecule has 24 heavy (non-hydrogen) atoms. The SMILES string of the molecule is C1=CC2=Cc3ccc([22nH]3)C=C3C=CC(=N3)C=C3C=CC(=N3)C=C1C2. The van der Waals surface area contributed by atoms with Gasteiger partial charge in [-0.1, -0.05) is 12.2 Å². The molecule has 0 unspecified atom stereocenters. The summed E-state index contributed by atoms with van der Waals surface area (Å²) in [5.74, 6) is 0. The Balaban J connectivity index is 1.64. The Morgan fingerprint density at radius 3 is 2.04 bits per heavy atom. The quantitative estimate of drug-likeness (QED) is 0.729. The van der Waals surface area contributed by atoms with Crippen LogP contribution in [0.15, 0.2) is 93.3 Å². The first-order valence-electron chi connectivity index (χ1n) is 8.05. The summed E-state index contributed by atoms with van der Waals surface area (Å²) in [6.45, 7) is 0. The highest BCUT2D eigenvalue weighted by molar-refractivity contribution is 6.11. The van der Waals surface area contributed by atoms with Crippen LogP contribution in [0, 0.1) is 0 Å². The normalized spacial score (nSPS) is 20.5. The maximum absolute atomic E-state index is 4.66. The first-order chi connectivity index (χ1) is 11.8. The van der Waals surface area contributed by atoms with E-state index in [1.807, 2.05) is 24.3 Å². The van der Waals surface area contributed by atoms with E-state index in [0.29, 0.717) is 0 Å². The number of fused-ring (bicyclic) bond motifs is 6. The lowest BCUT2D eigenvalue weighted by molar-refractivity contribution is 1.27. The lowest BCUT2D eigenvalue weighted by atomic mass is 10.1. The second-order valence-electron chi connectivity index (χ2n) is 6.20. The number of hydrogen-bond acceptors (Lipinski definition) is 2. The van der Waals surface area contributed by atoms with Gasteiger partial charge in [-0.2, -0.15) is 0 Å². The number of allylic oxidation sites excluding steroid dienone is 10. The molecule has 8 bridgehead atoms. The highest BCUT2D eigenvalue weighted by Crippen LogP contribution is 2.26. The molecule has 5 rings (SSSR count). The van der Waals surface area contributed by atoms with Crippen LogP contribution in [0.3, 0.4) is 0 Å². The monoisotopic (exact) mass is 317 g/mol. The summed E-state index contributed by atoms with van der Waals surface area (Å²) in [6.07, 6.45) is 21.8. The van der Waals surface area contributed by atoms with Crippen LogP contribution in [0.25, 0.3) is 12.2 Å². The highest BCUT2D eigenvalue weighted by atomic mass is 22.2. The molecule has 0 radical (unpaired) electrons. The summed E-state index contributed by atoms with van der Waals surface area (Å²) in [6, 6.07) is 4.19. The van der Waals surface area contributed by atoms with E-state index in [1.54, 1.807) is 0 Å². The number of aliphatic imine (C=N–C) groups is 2. The van der Waals surface area contributed by atoms with E-state index in [4.69, 9.17) is 0 Å². The van der Waals surface area contributed by atoms with Gasteiger partial charge in [0.2, 0.25) is 0 Å². The van der Waals surface area contributed by atoms with Gasteiger partial charge in [-0.15, -0.1) is 0 Å². The number of aromatic amines is 1. The predicted octanol–water partition coefficient (Wildman–Crippen LogP) is 4.54. The van der Waals surface area contributed by atoms with E-state index in [0.717, 1.165) is 40.6 Å². The van der Waals surface area contributed by atoms with E-state index in [2.05, 4.69) is 63.6 Å². The number of nitrogens with zero attached hydrogens (tertiary/aromatic N) is 2. The number of hydrogen-bond donors (Lipinski definition) is 1. The van der Waals surface area contributed by atoms with E-state index in [1.165, 1.54) is 11.1 Å². The third-order valence-corrected chi connectivity index (χ3v) is 4.29. The molecule has 4 heterocycles. The standard InChI is InChI=1S/C21H15N3/c1-2-15-9-14(1)10-16-3-5-18(22-16)12-20-7-8-21(24-20)13-19-6-4-17(11-15)23-19/h1-8,10-13,22H,9H2/i22+8. The summed E-state index contributed by atoms with van der Waals surface area (Å²) >= 11 is 0. The molecule has 3 heteroatoms. The average molecular weight is 317 g/mol. The van der Waals surface area contributed by atoms with Gasteiger partial charge in [0.1, 0.15) is 0 Å². The van der Waals surface area contributed by atoms with Crippen molar-refractivity contribution in [1.29, 1.82) is 0 Å². The van der Waals surface area contributed by atoms with Crippen molar-refractivity contribution in [3.8, 4) is 0 Å². The van der Waals surface area contributed by atoms with Gasteiger partial charge in [0.05, 0.1) is 22.8 Å². The van der Waals surface area contributed by atoms with E-state index < -0.39 is 0 Å². The van der Waals surface area contributed by atoms with Crippen LogP contribution in [-0.2, 0) is 0 Å². The fourth-order valence-corrected chi connectivity index (χ4v) is 3.17. The molecule has 0 fully saturated rings. The first-order valence-corrected chi connectivity index (χ1v) is 8.05. The molecule has 0 spiro atoms. The van der Waals surface area contributed by atoms with Crippen LogP contribution < -0.4 is 0 Å². The van der Waals surface area contributed by atoms with Crippen LogP contribution in [0.4, 0.5) is 0 Å². The van der Waals surface area contributed by atoms with Crippen molar-refractivity contribution in [1.82, 2.24) is 4.98 Å². The third-order valence-electron chi connectivity index (χ3n) is 4.29. The molecule has 1 aliphatic carbocycles. The van der Waals surface area contributed by atoms with Gasteiger partial charge in [0.25, 0.3) is 0 Å². The summed E-state index contributed by atoms with van der Waals surface area (Å²) in [4.78, 5) is 12.7. The maximum Gasteiger partial charge on any atom is 0.0659 e. The lowest BCUT2D eigenvalue weighted by Gasteiger charge is -1.97. The van der Waals surface area contributed by atoms with Gasteiger partial charge in [0.15, 0.2) is 0 Å². The van der Waals surface area contributed by atoms with Gasteiger partial charge < -0.3 is 4.98 Å². The van der Waals surface area contributed by atoms with Crippen molar-refractivity contribution in [3.05, 3.63) is 94.7 Å². The third kappa shape index (κ3) is 2.50. The van der Waals surface area contributed by atoms with Crippen molar-refractivity contribution < 1.29 is 0 Å². The lowest BCUT2D eigenvalue weighted by Crippen LogP contribution is -1.87. The smallest absolute Gasteiger partial charge is 0.0659 e. The van der Waals surface area contributed by atoms with E-state index in [-0.39, 0.29) is 0 Å². The van der Waals surface area contributed by atoms with Gasteiger partial charge in [-0.3, -0.25) is 0 Å². The van der Waals surface area contributed by atoms with Crippen LogP contribution in [0.1, 0.15) is 17.8 Å². The number of nitrogens with one attached hydrogen (secondary N) is 1. The van der Waals surface area contributed by atoms with Gasteiger partial charge >= 0.3 is 0 Å². The minimum atomic E-state index is 0.931. The Morgan fingerprint density at radius 2 is 1.25 bits per heavy atom. The van der Waals surface area contributed by atoms with Crippen molar-refractivity contribution in [2.75, 3.05) is 0 Å². The molecular formula is C21H15N3. The molecule has 1 N–H and O–H groups in total. The Bertz CT molecular complexity index is 1010. The van der Waals surface area contributed by atoms with Crippen LogP contribution >= 0.6 is 0 Å². The summed E-state index contributed by atoms with van der Waals surface area (Å²) in [7, 11) is 0. The molecule has 0 saturated carbocycles. The van der Waals surface area contributed by atoms with Gasteiger partial charge in [0, 0.05) is 11.4 Å². The zero-order valence-electron chi connectivity index (χ0n) is 13.0. The fourth-order valence-electron chi connectivity index (χ4n) is 3.17. The summed E-state index contributed by atoms with van der Waals surface area (Å²) in [5.41, 5.74) is 8.57. The van der Waals surface area contributed by atoms with E-state index >= 15 is 0 Å². The Hall–Kier alpha value is -3.20. The molecule has 3 nitrogen and oxygen atoms in total. The van der Waals surface area contributed by atoms with Crippen molar-refractivity contribution in [3.63, 3.8) is 0 Å². The molecular weight excluding hydrogens is 302 g/mol. The summed E-state index contributed by atoms with van der Waals surface area (Å²) < 4.78 is 0. The highest BCUT2D eigenvalue weighted by Gasteiger charge is 2.11. The first kappa shape index (κ1) is 13.3. The molecule has 0 aromatic carbocycles. The van der Waals surface area contributed by atoms with Crippen LogP contribution in [0.2, 0.25) is 0 Å². The molecule has 1 aromatic heterocycles. The Morgan fingerprint density at radius 1 is 0.625 bits per heavy atom. The zero-order chi connectivity index (χ0) is 15.9. The maximum atomic E-state index is 4.66. The largest absolute Gasteiger partial charge is 0.355 e. The molecule has 3 aliphatic heterocycles. The van der Waals surface area contributed by atoms with Crippen molar-refractivity contribution in [2.24, 2.45) is 9.98 Å². The van der Waals surface area contributed by atoms with E-state index in [9.17, 15) is 0 Å². The Kier molecular flexibility index (Phi) is 2.85. The molecule has 4 aliphatic rings.